The third kappa shape index (κ3) is 4.41. The molecule has 5 nitrogen and oxygen atoms in total. The predicted molar refractivity (Wildman–Crippen MR) is 59.3 cm³/mol. The lowest BCUT2D eigenvalue weighted by Crippen LogP contribution is -2.36. The molecule has 0 bridgehead atoms. The summed E-state index contributed by atoms with van der Waals surface area (Å²) in [5, 5.41) is 21.6. The van der Waals surface area contributed by atoms with Crippen LogP contribution in [0.3, 0.4) is 0 Å². The van der Waals surface area contributed by atoms with Gasteiger partial charge in [-0.1, -0.05) is 6.07 Å². The summed E-state index contributed by atoms with van der Waals surface area (Å²) in [6.45, 7) is -0.251. The van der Waals surface area contributed by atoms with Crippen molar-refractivity contribution in [1.29, 1.82) is 0 Å². The van der Waals surface area contributed by atoms with E-state index in [1.807, 2.05) is 17.5 Å². The lowest BCUT2D eigenvalue weighted by molar-refractivity contribution is -0.146. The van der Waals surface area contributed by atoms with Crippen molar-refractivity contribution in [2.75, 3.05) is 6.54 Å². The molecule has 1 rings (SSSR count). The summed E-state index contributed by atoms with van der Waals surface area (Å²) in [6.07, 6.45) is -0.606. The predicted octanol–water partition coefficient (Wildman–Crippen LogP) is 0.242. The number of aliphatic hydroxyl groups is 1. The molecule has 3 N–H and O–H groups in total. The first kappa shape index (κ1) is 12.7. The topological polar surface area (TPSA) is 86.6 Å². The van der Waals surface area contributed by atoms with Crippen LogP contribution in [0.1, 0.15) is 11.3 Å². The van der Waals surface area contributed by atoms with Crippen molar-refractivity contribution in [2.24, 2.45) is 0 Å². The molecule has 0 saturated carbocycles. The SMILES string of the molecule is O=C(CCc1cccs1)NC[C@H](O)C(=O)O. The number of carboxylic acid groups (broad SMARTS) is 1. The van der Waals surface area contributed by atoms with Crippen LogP contribution in [-0.4, -0.2) is 34.7 Å². The molecule has 1 heterocycles. The van der Waals surface area contributed by atoms with Crippen LogP contribution in [0.5, 0.6) is 0 Å². The van der Waals surface area contributed by atoms with Gasteiger partial charge >= 0.3 is 5.97 Å². The molecule has 0 radical (unpaired) electrons. The van der Waals surface area contributed by atoms with E-state index in [1.165, 1.54) is 0 Å². The number of amides is 1. The third-order valence-electron chi connectivity index (χ3n) is 1.96. The number of carbonyl (C=O) groups is 2. The Labute approximate surface area is 96.7 Å². The van der Waals surface area contributed by atoms with E-state index in [0.29, 0.717) is 12.8 Å². The Bertz CT molecular complexity index is 350. The zero-order valence-electron chi connectivity index (χ0n) is 8.55. The highest BCUT2D eigenvalue weighted by Gasteiger charge is 2.13. The van der Waals surface area contributed by atoms with E-state index in [9.17, 15) is 9.59 Å². The van der Waals surface area contributed by atoms with Gasteiger partial charge in [0, 0.05) is 11.3 Å². The monoisotopic (exact) mass is 243 g/mol. The molecule has 0 aliphatic rings. The Morgan fingerprint density at radius 3 is 2.81 bits per heavy atom. The van der Waals surface area contributed by atoms with Crippen molar-refractivity contribution in [2.45, 2.75) is 18.9 Å². The first-order valence-electron chi connectivity index (χ1n) is 4.79. The number of aliphatic hydroxyl groups excluding tert-OH is 1. The van der Waals surface area contributed by atoms with Crippen LogP contribution in [0.15, 0.2) is 17.5 Å². The van der Waals surface area contributed by atoms with Gasteiger partial charge in [-0.25, -0.2) is 4.79 Å². The van der Waals surface area contributed by atoms with Gasteiger partial charge in [0.05, 0.1) is 6.54 Å². The maximum Gasteiger partial charge on any atom is 0.334 e. The lowest BCUT2D eigenvalue weighted by atomic mass is 10.2. The molecule has 1 aromatic heterocycles. The van der Waals surface area contributed by atoms with Crippen LogP contribution >= 0.6 is 11.3 Å². The number of rotatable bonds is 6. The molecule has 88 valence electrons. The second-order valence-corrected chi connectivity index (χ2v) is 4.27. The van der Waals surface area contributed by atoms with E-state index in [4.69, 9.17) is 10.2 Å². The molecule has 0 fully saturated rings. The number of carboxylic acids is 1. The van der Waals surface area contributed by atoms with Crippen LogP contribution in [-0.2, 0) is 16.0 Å². The van der Waals surface area contributed by atoms with Crippen molar-refractivity contribution in [3.05, 3.63) is 22.4 Å². The highest BCUT2D eigenvalue weighted by Crippen LogP contribution is 2.10. The van der Waals surface area contributed by atoms with Crippen molar-refractivity contribution in [3.63, 3.8) is 0 Å². The molecule has 0 aromatic carbocycles. The standard InChI is InChI=1S/C10H13NO4S/c12-8(10(14)15)6-11-9(13)4-3-7-2-1-5-16-7/h1-2,5,8,12H,3-4,6H2,(H,11,13)(H,14,15)/t8-/m0/s1. The Hall–Kier alpha value is -1.40. The highest BCUT2D eigenvalue weighted by atomic mass is 32.1. The van der Waals surface area contributed by atoms with Crippen LogP contribution in [0.2, 0.25) is 0 Å². The van der Waals surface area contributed by atoms with E-state index in [-0.39, 0.29) is 12.5 Å². The quantitative estimate of drug-likeness (QED) is 0.668. The molecule has 0 unspecified atom stereocenters. The summed E-state index contributed by atoms with van der Waals surface area (Å²) < 4.78 is 0. The fourth-order valence-electron chi connectivity index (χ4n) is 1.08. The average molecular weight is 243 g/mol. The van der Waals surface area contributed by atoms with E-state index in [1.54, 1.807) is 11.3 Å². The first-order chi connectivity index (χ1) is 7.59. The van der Waals surface area contributed by atoms with Gasteiger partial charge in [0.15, 0.2) is 6.10 Å². The van der Waals surface area contributed by atoms with Gasteiger partial charge in [-0.15, -0.1) is 11.3 Å². The van der Waals surface area contributed by atoms with Gasteiger partial charge in [-0.2, -0.15) is 0 Å². The molecular formula is C10H13NO4S. The normalized spacial score (nSPS) is 12.1. The lowest BCUT2D eigenvalue weighted by Gasteiger charge is -2.07. The summed E-state index contributed by atoms with van der Waals surface area (Å²) in [4.78, 5) is 22.6. The van der Waals surface area contributed by atoms with Crippen LogP contribution in [0.25, 0.3) is 0 Å². The van der Waals surface area contributed by atoms with Crippen LogP contribution in [0, 0.1) is 0 Å². The summed E-state index contributed by atoms with van der Waals surface area (Å²) in [5.74, 6) is -1.59. The maximum atomic E-state index is 11.3. The largest absolute Gasteiger partial charge is 0.479 e. The molecule has 1 aromatic rings. The van der Waals surface area contributed by atoms with Crippen molar-refractivity contribution in [3.8, 4) is 0 Å². The van der Waals surface area contributed by atoms with Gasteiger partial charge in [0.1, 0.15) is 0 Å². The van der Waals surface area contributed by atoms with Crippen LogP contribution in [0.4, 0.5) is 0 Å². The maximum absolute atomic E-state index is 11.3. The highest BCUT2D eigenvalue weighted by molar-refractivity contribution is 7.09. The number of carbonyl (C=O) groups excluding carboxylic acids is 1. The number of nitrogens with one attached hydrogen (secondary N) is 1. The number of hydrogen-bond donors (Lipinski definition) is 3. The van der Waals surface area contributed by atoms with Gasteiger partial charge < -0.3 is 15.5 Å². The molecule has 1 amide bonds. The average Bonchev–Trinajstić information content (AvgIpc) is 2.75. The first-order valence-corrected chi connectivity index (χ1v) is 5.67. The molecule has 0 aliphatic heterocycles. The summed E-state index contributed by atoms with van der Waals surface area (Å²) in [7, 11) is 0. The number of aryl methyl sites for hydroxylation is 1. The van der Waals surface area contributed by atoms with Crippen molar-refractivity contribution < 1.29 is 19.8 Å². The fourth-order valence-corrected chi connectivity index (χ4v) is 1.79. The van der Waals surface area contributed by atoms with Crippen molar-refractivity contribution >= 4 is 23.2 Å². The summed E-state index contributed by atoms with van der Waals surface area (Å²) in [5.41, 5.74) is 0. The van der Waals surface area contributed by atoms with Crippen LogP contribution < -0.4 is 5.32 Å². The van der Waals surface area contributed by atoms with Gasteiger partial charge in [-0.3, -0.25) is 4.79 Å². The minimum absolute atomic E-state index is 0.251. The number of thiophene rings is 1. The van der Waals surface area contributed by atoms with Gasteiger partial charge in [0.2, 0.25) is 5.91 Å². The van der Waals surface area contributed by atoms with E-state index >= 15 is 0 Å². The smallest absolute Gasteiger partial charge is 0.334 e. The number of aliphatic carboxylic acids is 1. The zero-order chi connectivity index (χ0) is 12.0. The minimum Gasteiger partial charge on any atom is -0.479 e. The summed E-state index contributed by atoms with van der Waals surface area (Å²) >= 11 is 1.57. The second-order valence-electron chi connectivity index (χ2n) is 3.24. The van der Waals surface area contributed by atoms with E-state index in [0.717, 1.165) is 4.88 Å². The fraction of sp³-hybridized carbons (Fsp3) is 0.400. The minimum atomic E-state index is -1.54. The Morgan fingerprint density at radius 2 is 2.25 bits per heavy atom. The molecule has 1 atom stereocenters. The third-order valence-corrected chi connectivity index (χ3v) is 2.89. The Kier molecular flexibility index (Phi) is 4.94. The van der Waals surface area contributed by atoms with E-state index < -0.39 is 12.1 Å². The zero-order valence-corrected chi connectivity index (χ0v) is 9.37. The second kappa shape index (κ2) is 6.24. The van der Waals surface area contributed by atoms with Crippen molar-refractivity contribution in [1.82, 2.24) is 5.32 Å². The molecular weight excluding hydrogens is 230 g/mol. The van der Waals surface area contributed by atoms with Gasteiger partial charge in [-0.05, 0) is 17.9 Å². The molecule has 6 heteroatoms. The van der Waals surface area contributed by atoms with E-state index in [2.05, 4.69) is 5.32 Å². The Morgan fingerprint density at radius 1 is 1.50 bits per heavy atom. The molecule has 16 heavy (non-hydrogen) atoms. The van der Waals surface area contributed by atoms with Gasteiger partial charge in [0.25, 0.3) is 0 Å². The molecule has 0 saturated heterocycles. The Balaban J connectivity index is 2.19. The number of hydrogen-bond acceptors (Lipinski definition) is 4. The molecule has 0 spiro atoms. The summed E-state index contributed by atoms with van der Waals surface area (Å²) in [6, 6.07) is 3.84. The molecule has 0 aliphatic carbocycles.